The zero-order chi connectivity index (χ0) is 23.6. The highest BCUT2D eigenvalue weighted by Gasteiger charge is 2.00. The minimum absolute atomic E-state index is 0. The molecule has 35 heavy (non-hydrogen) atoms. The Hall–Kier alpha value is -4.02. The van der Waals surface area contributed by atoms with Crippen molar-refractivity contribution in [2.24, 2.45) is 0 Å². The van der Waals surface area contributed by atoms with E-state index in [1.807, 2.05) is 48.8 Å². The molecule has 0 bridgehead atoms. The quantitative estimate of drug-likeness (QED) is 0.258. The highest BCUT2D eigenvalue weighted by atomic mass is 79.9. The van der Waals surface area contributed by atoms with Crippen LogP contribution in [0.1, 0.15) is 7.43 Å². The van der Waals surface area contributed by atoms with Crippen molar-refractivity contribution in [1.29, 1.82) is 0 Å². The van der Waals surface area contributed by atoms with E-state index >= 15 is 0 Å². The second-order valence-electron chi connectivity index (χ2n) is 6.93. The third-order valence-electron chi connectivity index (χ3n) is 4.66. The van der Waals surface area contributed by atoms with Gasteiger partial charge in [0.1, 0.15) is 5.75 Å². The van der Waals surface area contributed by atoms with Crippen LogP contribution >= 0.6 is 15.9 Å². The summed E-state index contributed by atoms with van der Waals surface area (Å²) in [6.45, 7) is 0. The van der Waals surface area contributed by atoms with E-state index in [4.69, 9.17) is 5.02 Å². The first-order valence-electron chi connectivity index (χ1n) is 10.2. The van der Waals surface area contributed by atoms with Crippen LogP contribution in [0, 0.1) is 0 Å². The lowest BCUT2D eigenvalue weighted by molar-refractivity contribution is 0.452. The van der Waals surface area contributed by atoms with Crippen LogP contribution in [0.25, 0.3) is 32.9 Å². The van der Waals surface area contributed by atoms with E-state index in [0.717, 1.165) is 37.4 Å². The van der Waals surface area contributed by atoms with Crippen molar-refractivity contribution >= 4 is 45.4 Å². The number of aromatic amines is 2. The molecule has 8 nitrogen and oxygen atoms in total. The van der Waals surface area contributed by atoms with Crippen LogP contribution in [-0.2, 0) is 0 Å². The third-order valence-corrected chi connectivity index (χ3v) is 5.15. The number of H-pyrrole nitrogens is 2. The second-order valence-corrected chi connectivity index (χ2v) is 7.84. The van der Waals surface area contributed by atoms with Gasteiger partial charge in [-0.3, -0.25) is 20.2 Å². The van der Waals surface area contributed by atoms with E-state index in [0.29, 0.717) is 13.4 Å². The predicted molar refractivity (Wildman–Crippen MR) is 143 cm³/mol. The molecule has 4 heterocycles. The normalized spacial score (nSPS) is 9.77. The van der Waals surface area contributed by atoms with Crippen molar-refractivity contribution in [3.8, 4) is 16.9 Å². The van der Waals surface area contributed by atoms with Crippen molar-refractivity contribution in [1.82, 2.24) is 30.4 Å². The molecule has 175 valence electrons. The molecule has 10 heteroatoms. The molecule has 0 aliphatic heterocycles. The molecule has 0 aliphatic rings. The van der Waals surface area contributed by atoms with E-state index in [2.05, 4.69) is 63.1 Å². The molecule has 0 unspecified atom stereocenters. The van der Waals surface area contributed by atoms with Crippen LogP contribution in [0.2, 0.25) is 0 Å². The molecule has 6 aromatic rings. The Balaban J connectivity index is 0.000000151. The number of pyridine rings is 2. The highest BCUT2D eigenvalue weighted by molar-refractivity contribution is 9.10. The molecular weight excluding hydrogens is 507 g/mol. The molecule has 0 saturated carbocycles. The number of halogens is 1. The summed E-state index contributed by atoms with van der Waals surface area (Å²) >= 11 is 3.38. The maximum Gasteiger partial charge on any atom is 0.569 e. The van der Waals surface area contributed by atoms with Gasteiger partial charge in [-0.05, 0) is 54.1 Å². The van der Waals surface area contributed by atoms with E-state index in [1.165, 1.54) is 6.20 Å². The summed E-state index contributed by atoms with van der Waals surface area (Å²) < 4.78 is 5.66. The second kappa shape index (κ2) is 13.0. The number of benzene rings is 2. The standard InChI is InChI=1S/C12H9N3.C7H5BrN2.C5H5BNO2.CH4/c1-2-10(7-13-5-1)9-3-4-12-11(6-9)8-14-15-12;8-6-1-2-7-5(3-6)4-9-10-7;8-6-9-5-2-1-3-7-4-5;/h1-8H,(H,14,15);1-4H,(H,9,10);1-4,8H;1H4. The number of rotatable bonds is 3. The van der Waals surface area contributed by atoms with Gasteiger partial charge in [0, 0.05) is 39.4 Å². The van der Waals surface area contributed by atoms with Gasteiger partial charge >= 0.3 is 7.69 Å². The number of nitrogens with zero attached hydrogens (tertiary/aromatic N) is 4. The molecular formula is C25H23BBrN6O2. The third kappa shape index (κ3) is 7.23. The van der Waals surface area contributed by atoms with Crippen molar-refractivity contribution in [2.45, 2.75) is 7.43 Å². The van der Waals surface area contributed by atoms with Crippen molar-refractivity contribution in [3.05, 3.63) is 102 Å². The zero-order valence-corrected chi connectivity index (χ0v) is 19.4. The van der Waals surface area contributed by atoms with Gasteiger partial charge in [0.2, 0.25) is 0 Å². The van der Waals surface area contributed by atoms with Gasteiger partial charge in [-0.2, -0.15) is 10.2 Å². The van der Waals surface area contributed by atoms with Gasteiger partial charge in [-0.1, -0.05) is 35.5 Å². The number of hydrogen-bond acceptors (Lipinski definition) is 6. The molecule has 0 saturated heterocycles. The number of hydrogen-bond donors (Lipinski definition) is 3. The summed E-state index contributed by atoms with van der Waals surface area (Å²) in [5.74, 6) is 0.528. The number of fused-ring (bicyclic) bond motifs is 2. The minimum Gasteiger partial charge on any atom is -0.536 e. The highest BCUT2D eigenvalue weighted by Crippen LogP contribution is 2.22. The largest absolute Gasteiger partial charge is 0.569 e. The van der Waals surface area contributed by atoms with Crippen molar-refractivity contribution in [3.63, 3.8) is 0 Å². The molecule has 0 spiro atoms. The van der Waals surface area contributed by atoms with Crippen molar-refractivity contribution in [2.75, 3.05) is 0 Å². The van der Waals surface area contributed by atoms with Crippen LogP contribution < -0.4 is 4.65 Å². The zero-order valence-electron chi connectivity index (χ0n) is 17.8. The molecule has 4 aromatic heterocycles. The Morgan fingerprint density at radius 3 is 2.03 bits per heavy atom. The van der Waals surface area contributed by atoms with Gasteiger partial charge < -0.3 is 9.68 Å². The monoisotopic (exact) mass is 529 g/mol. The Kier molecular flexibility index (Phi) is 9.53. The number of aromatic nitrogens is 6. The summed E-state index contributed by atoms with van der Waals surface area (Å²) in [6, 6.07) is 19.6. The van der Waals surface area contributed by atoms with Crippen LogP contribution in [0.3, 0.4) is 0 Å². The van der Waals surface area contributed by atoms with Crippen LogP contribution in [0.15, 0.2) is 102 Å². The average molecular weight is 530 g/mol. The molecule has 2 aromatic carbocycles. The average Bonchev–Trinajstić information content (AvgIpc) is 3.55. The van der Waals surface area contributed by atoms with E-state index in [1.54, 1.807) is 30.7 Å². The van der Waals surface area contributed by atoms with Crippen LogP contribution in [0.5, 0.6) is 5.75 Å². The van der Waals surface area contributed by atoms with Gasteiger partial charge in [0.25, 0.3) is 0 Å². The SMILES string of the molecule is Brc1ccc2[nH]ncc2c1.C.O[B]Oc1cccnc1.c1cncc(-c2ccc3[nH]ncc3c2)c1. The molecule has 6 rings (SSSR count). The molecule has 3 N–H and O–H groups in total. The fourth-order valence-corrected chi connectivity index (χ4v) is 3.43. The lowest BCUT2D eigenvalue weighted by Gasteiger charge is -1.99. The van der Waals surface area contributed by atoms with Gasteiger partial charge in [0.05, 0.1) is 29.6 Å². The lowest BCUT2D eigenvalue weighted by Crippen LogP contribution is -1.99. The molecule has 1 radical (unpaired) electrons. The van der Waals surface area contributed by atoms with E-state index in [9.17, 15) is 0 Å². The maximum atomic E-state index is 8.14. The fourth-order valence-electron chi connectivity index (χ4n) is 3.05. The Labute approximate surface area is 211 Å². The van der Waals surface area contributed by atoms with Gasteiger partial charge in [-0.25, -0.2) is 0 Å². The first-order valence-corrected chi connectivity index (χ1v) is 11.0. The molecule has 0 aliphatic carbocycles. The summed E-state index contributed by atoms with van der Waals surface area (Å²) in [5.41, 5.74) is 4.42. The predicted octanol–water partition coefficient (Wildman–Crippen LogP) is 5.57. The van der Waals surface area contributed by atoms with Crippen LogP contribution in [-0.4, -0.2) is 43.1 Å². The molecule has 0 fully saturated rings. The summed E-state index contributed by atoms with van der Waals surface area (Å²) in [6.07, 6.45) is 10.4. The smallest absolute Gasteiger partial charge is 0.536 e. The minimum atomic E-state index is 0. The van der Waals surface area contributed by atoms with E-state index < -0.39 is 0 Å². The summed E-state index contributed by atoms with van der Waals surface area (Å²) in [4.78, 5) is 7.85. The summed E-state index contributed by atoms with van der Waals surface area (Å²) in [7, 11) is 0.622. The first kappa shape index (κ1) is 25.6. The molecule has 0 amide bonds. The Bertz CT molecular complexity index is 1440. The van der Waals surface area contributed by atoms with Crippen molar-refractivity contribution < 1.29 is 9.68 Å². The topological polar surface area (TPSA) is 113 Å². The maximum absolute atomic E-state index is 8.14. The van der Waals surface area contributed by atoms with E-state index in [-0.39, 0.29) is 7.43 Å². The van der Waals surface area contributed by atoms with Crippen LogP contribution in [0.4, 0.5) is 0 Å². The molecule has 0 atom stereocenters. The Morgan fingerprint density at radius 1 is 0.743 bits per heavy atom. The summed E-state index contributed by atoms with van der Waals surface area (Å²) in [5, 5.41) is 24.1. The number of nitrogens with one attached hydrogen (secondary N) is 2. The van der Waals surface area contributed by atoms with Gasteiger partial charge in [0.15, 0.2) is 0 Å². The lowest BCUT2D eigenvalue weighted by atomic mass is 10.1. The fraction of sp³-hybridized carbons (Fsp3) is 0.0400. The Morgan fingerprint density at radius 2 is 1.40 bits per heavy atom. The van der Waals surface area contributed by atoms with Gasteiger partial charge in [-0.15, -0.1) is 0 Å². The first-order chi connectivity index (χ1) is 16.7.